The predicted molar refractivity (Wildman–Crippen MR) is 116 cm³/mol. The van der Waals surface area contributed by atoms with E-state index in [0.717, 1.165) is 16.6 Å². The molecule has 31 heavy (non-hydrogen) atoms. The zero-order valence-corrected chi connectivity index (χ0v) is 17.2. The molecule has 1 aromatic heterocycles. The standard InChI is InChI=1S/C23H26N4O4/c24-18(14-21(28)31-15-16-6-2-1-3-7-16)22(29)26-12-10-17(11-13-26)27-20-9-5-4-8-19(20)25-23(27)30/h1-9,17-18H,10-15,24H2,(H,25,30). The Morgan fingerprint density at radius 2 is 1.74 bits per heavy atom. The predicted octanol–water partition coefficient (Wildman–Crippen LogP) is 1.95. The van der Waals surface area contributed by atoms with E-state index < -0.39 is 12.0 Å². The molecule has 1 aliphatic rings. The number of nitrogens with one attached hydrogen (secondary N) is 1. The van der Waals surface area contributed by atoms with Crippen LogP contribution in [0.15, 0.2) is 59.4 Å². The van der Waals surface area contributed by atoms with Crippen molar-refractivity contribution in [1.82, 2.24) is 14.5 Å². The van der Waals surface area contributed by atoms with Gasteiger partial charge in [-0.2, -0.15) is 0 Å². The van der Waals surface area contributed by atoms with Crippen LogP contribution in [0.5, 0.6) is 0 Å². The van der Waals surface area contributed by atoms with E-state index in [1.165, 1.54) is 0 Å². The van der Waals surface area contributed by atoms with Crippen LogP contribution in [0.3, 0.4) is 0 Å². The van der Waals surface area contributed by atoms with Gasteiger partial charge in [-0.05, 0) is 30.5 Å². The molecule has 2 aromatic carbocycles. The van der Waals surface area contributed by atoms with Crippen LogP contribution < -0.4 is 11.4 Å². The van der Waals surface area contributed by atoms with Gasteiger partial charge in [-0.15, -0.1) is 0 Å². The molecule has 1 unspecified atom stereocenters. The number of imidazole rings is 1. The van der Waals surface area contributed by atoms with Gasteiger partial charge in [0.15, 0.2) is 0 Å². The number of rotatable bonds is 6. The van der Waals surface area contributed by atoms with Crippen LogP contribution in [0.4, 0.5) is 0 Å². The lowest BCUT2D eigenvalue weighted by Crippen LogP contribution is -2.48. The third-order valence-electron chi connectivity index (χ3n) is 5.71. The van der Waals surface area contributed by atoms with Crippen molar-refractivity contribution in [3.05, 3.63) is 70.6 Å². The molecule has 3 aromatic rings. The summed E-state index contributed by atoms with van der Waals surface area (Å²) >= 11 is 0. The Hall–Kier alpha value is -3.39. The minimum absolute atomic E-state index is 0.0137. The number of nitrogens with zero attached hydrogens (tertiary/aromatic N) is 2. The average molecular weight is 422 g/mol. The van der Waals surface area contributed by atoms with Crippen LogP contribution in [0.2, 0.25) is 0 Å². The van der Waals surface area contributed by atoms with Crippen LogP contribution in [0, 0.1) is 0 Å². The molecular weight excluding hydrogens is 396 g/mol. The molecule has 0 saturated carbocycles. The Bertz CT molecular complexity index is 1110. The summed E-state index contributed by atoms with van der Waals surface area (Å²) in [6, 6.07) is 16.0. The molecule has 4 rings (SSSR count). The van der Waals surface area contributed by atoms with Crippen LogP contribution >= 0.6 is 0 Å². The van der Waals surface area contributed by atoms with Crippen molar-refractivity contribution in [3.63, 3.8) is 0 Å². The normalized spacial score (nSPS) is 15.7. The maximum atomic E-state index is 12.7. The SMILES string of the molecule is NC(CC(=O)OCc1ccccc1)C(=O)N1CCC(n2c(=O)[nH]c3ccccc32)CC1. The fourth-order valence-electron chi connectivity index (χ4n) is 4.08. The highest BCUT2D eigenvalue weighted by Gasteiger charge is 2.29. The summed E-state index contributed by atoms with van der Waals surface area (Å²) in [5.41, 5.74) is 8.42. The number of hydrogen-bond donors (Lipinski definition) is 2. The summed E-state index contributed by atoms with van der Waals surface area (Å²) in [6.07, 6.45) is 1.14. The molecule has 1 amide bonds. The van der Waals surface area contributed by atoms with Crippen molar-refractivity contribution in [3.8, 4) is 0 Å². The summed E-state index contributed by atoms with van der Waals surface area (Å²) in [5, 5.41) is 0. The molecule has 2 heterocycles. The van der Waals surface area contributed by atoms with Gasteiger partial charge in [-0.25, -0.2) is 4.79 Å². The maximum Gasteiger partial charge on any atom is 0.326 e. The number of likely N-dealkylation sites (tertiary alicyclic amines) is 1. The Labute approximate surface area is 179 Å². The molecule has 8 nitrogen and oxygen atoms in total. The first-order valence-corrected chi connectivity index (χ1v) is 10.5. The zero-order valence-electron chi connectivity index (χ0n) is 17.2. The highest BCUT2D eigenvalue weighted by molar-refractivity contribution is 5.86. The first-order valence-electron chi connectivity index (χ1n) is 10.5. The summed E-state index contributed by atoms with van der Waals surface area (Å²) in [4.78, 5) is 41.7. The molecule has 0 bridgehead atoms. The fraction of sp³-hybridized carbons (Fsp3) is 0.348. The number of piperidine rings is 1. The third kappa shape index (κ3) is 4.69. The van der Waals surface area contributed by atoms with Crippen molar-refractivity contribution >= 4 is 22.9 Å². The number of aromatic amines is 1. The van der Waals surface area contributed by atoms with Gasteiger partial charge in [0, 0.05) is 19.1 Å². The lowest BCUT2D eigenvalue weighted by atomic mass is 10.0. The number of para-hydroxylation sites is 2. The van der Waals surface area contributed by atoms with Gasteiger partial charge in [-0.3, -0.25) is 14.2 Å². The molecular formula is C23H26N4O4. The Kier molecular flexibility index (Phi) is 6.18. The Morgan fingerprint density at radius 3 is 2.48 bits per heavy atom. The van der Waals surface area contributed by atoms with E-state index in [2.05, 4.69) is 4.98 Å². The summed E-state index contributed by atoms with van der Waals surface area (Å²) in [5.74, 6) is -0.758. The van der Waals surface area contributed by atoms with E-state index >= 15 is 0 Å². The quantitative estimate of drug-likeness (QED) is 0.590. The topological polar surface area (TPSA) is 110 Å². The van der Waals surface area contributed by atoms with Crippen LogP contribution in [0.1, 0.15) is 30.9 Å². The smallest absolute Gasteiger partial charge is 0.326 e. The first-order chi connectivity index (χ1) is 15.0. The molecule has 0 aliphatic carbocycles. The van der Waals surface area contributed by atoms with E-state index in [1.807, 2.05) is 54.6 Å². The number of aromatic nitrogens is 2. The van der Waals surface area contributed by atoms with E-state index in [-0.39, 0.29) is 30.7 Å². The number of carbonyl (C=O) groups is 2. The first kappa shape index (κ1) is 20.9. The van der Waals surface area contributed by atoms with Gasteiger partial charge < -0.3 is 20.4 Å². The zero-order chi connectivity index (χ0) is 21.8. The number of hydrogen-bond acceptors (Lipinski definition) is 5. The largest absolute Gasteiger partial charge is 0.461 e. The third-order valence-corrected chi connectivity index (χ3v) is 5.71. The number of ether oxygens (including phenoxy) is 1. The molecule has 1 fully saturated rings. The van der Waals surface area contributed by atoms with E-state index in [4.69, 9.17) is 10.5 Å². The molecule has 8 heteroatoms. The van der Waals surface area contributed by atoms with Gasteiger partial charge in [-0.1, -0.05) is 42.5 Å². The number of fused-ring (bicyclic) bond motifs is 1. The second kappa shape index (κ2) is 9.18. The van der Waals surface area contributed by atoms with Crippen molar-refractivity contribution in [2.75, 3.05) is 13.1 Å². The van der Waals surface area contributed by atoms with Gasteiger partial charge >= 0.3 is 11.7 Å². The fourth-order valence-corrected chi connectivity index (χ4v) is 4.08. The number of carbonyl (C=O) groups excluding carboxylic acids is 2. The van der Waals surface area contributed by atoms with Gasteiger partial charge in [0.05, 0.1) is 23.5 Å². The van der Waals surface area contributed by atoms with Crippen molar-refractivity contribution in [2.24, 2.45) is 5.73 Å². The number of amides is 1. The number of benzene rings is 2. The van der Waals surface area contributed by atoms with E-state index in [1.54, 1.807) is 9.47 Å². The minimum Gasteiger partial charge on any atom is -0.461 e. The van der Waals surface area contributed by atoms with Crippen LogP contribution in [0.25, 0.3) is 11.0 Å². The summed E-state index contributed by atoms with van der Waals surface area (Å²) in [7, 11) is 0. The minimum atomic E-state index is -0.935. The van der Waals surface area contributed by atoms with Crippen molar-refractivity contribution in [1.29, 1.82) is 0 Å². The molecule has 0 spiro atoms. The summed E-state index contributed by atoms with van der Waals surface area (Å²) in [6.45, 7) is 1.13. The van der Waals surface area contributed by atoms with Gasteiger partial charge in [0.2, 0.25) is 5.91 Å². The highest BCUT2D eigenvalue weighted by Crippen LogP contribution is 2.25. The maximum absolute atomic E-state index is 12.7. The molecule has 1 saturated heterocycles. The van der Waals surface area contributed by atoms with Gasteiger partial charge in [0.1, 0.15) is 6.61 Å². The molecule has 162 valence electrons. The molecule has 1 atom stereocenters. The van der Waals surface area contributed by atoms with E-state index in [0.29, 0.717) is 25.9 Å². The Morgan fingerprint density at radius 1 is 1.06 bits per heavy atom. The van der Waals surface area contributed by atoms with E-state index in [9.17, 15) is 14.4 Å². The molecule has 0 radical (unpaired) electrons. The number of H-pyrrole nitrogens is 1. The van der Waals surface area contributed by atoms with Gasteiger partial charge in [0.25, 0.3) is 0 Å². The molecule has 3 N–H and O–H groups in total. The number of esters is 1. The monoisotopic (exact) mass is 422 g/mol. The number of nitrogens with two attached hydrogens (primary N) is 1. The average Bonchev–Trinajstić information content (AvgIpc) is 3.13. The lowest BCUT2D eigenvalue weighted by molar-refractivity contribution is -0.148. The Balaban J connectivity index is 1.30. The van der Waals surface area contributed by atoms with Crippen LogP contribution in [-0.2, 0) is 20.9 Å². The van der Waals surface area contributed by atoms with Crippen LogP contribution in [-0.4, -0.2) is 45.5 Å². The lowest BCUT2D eigenvalue weighted by Gasteiger charge is -2.33. The van der Waals surface area contributed by atoms with Crippen molar-refractivity contribution in [2.45, 2.75) is 38.0 Å². The second-order valence-corrected chi connectivity index (χ2v) is 7.83. The summed E-state index contributed by atoms with van der Waals surface area (Å²) < 4.78 is 7.00. The highest BCUT2D eigenvalue weighted by atomic mass is 16.5. The van der Waals surface area contributed by atoms with Crippen molar-refractivity contribution < 1.29 is 14.3 Å². The molecule has 1 aliphatic heterocycles. The second-order valence-electron chi connectivity index (χ2n) is 7.83.